The van der Waals surface area contributed by atoms with Crippen molar-refractivity contribution in [1.29, 1.82) is 0 Å². The van der Waals surface area contributed by atoms with Gasteiger partial charge >= 0.3 is 0 Å². The number of nitrogens with one attached hydrogen (secondary N) is 1. The van der Waals surface area contributed by atoms with Crippen molar-refractivity contribution in [2.24, 2.45) is 0 Å². The molecule has 0 amide bonds. The molecule has 1 atom stereocenters. The number of ether oxygens (including phenoxy) is 1. The van der Waals surface area contributed by atoms with E-state index in [9.17, 15) is 0 Å². The van der Waals surface area contributed by atoms with Crippen LogP contribution in [-0.2, 0) is 0 Å². The Kier molecular flexibility index (Phi) is 5.65. The molecule has 0 saturated heterocycles. The predicted molar refractivity (Wildman–Crippen MR) is 100 cm³/mol. The molecule has 3 aromatic carbocycles. The minimum absolute atomic E-state index is 0.329. The number of rotatable bonds is 7. The standard InChI is InChI=1S/C22H23NO/c1-18(19-8-4-2-5-9-19)23-16-17-24-22-14-12-21(13-15-22)20-10-6-3-7-11-20/h2-15,18,23H,16-17H2,1H3. The fourth-order valence-electron chi connectivity index (χ4n) is 2.68. The summed E-state index contributed by atoms with van der Waals surface area (Å²) in [7, 11) is 0. The van der Waals surface area contributed by atoms with Gasteiger partial charge in [0, 0.05) is 12.6 Å². The van der Waals surface area contributed by atoms with Gasteiger partial charge in [0.25, 0.3) is 0 Å². The van der Waals surface area contributed by atoms with Gasteiger partial charge in [-0.2, -0.15) is 0 Å². The van der Waals surface area contributed by atoms with Gasteiger partial charge in [0.2, 0.25) is 0 Å². The molecule has 2 nitrogen and oxygen atoms in total. The zero-order chi connectivity index (χ0) is 16.6. The smallest absolute Gasteiger partial charge is 0.119 e. The van der Waals surface area contributed by atoms with Crippen LogP contribution in [0, 0.1) is 0 Å². The average Bonchev–Trinajstić information content (AvgIpc) is 2.67. The van der Waals surface area contributed by atoms with E-state index in [0.29, 0.717) is 12.6 Å². The van der Waals surface area contributed by atoms with Gasteiger partial charge < -0.3 is 10.1 Å². The number of hydrogen-bond acceptors (Lipinski definition) is 2. The number of benzene rings is 3. The molecule has 1 N–H and O–H groups in total. The van der Waals surface area contributed by atoms with Gasteiger partial charge in [-0.3, -0.25) is 0 Å². The first-order valence-corrected chi connectivity index (χ1v) is 8.39. The van der Waals surface area contributed by atoms with Crippen molar-refractivity contribution in [2.75, 3.05) is 13.2 Å². The molecule has 3 aromatic rings. The average molecular weight is 317 g/mol. The summed E-state index contributed by atoms with van der Waals surface area (Å²) in [6, 6.07) is 29.4. The Hall–Kier alpha value is -2.58. The fraction of sp³-hybridized carbons (Fsp3) is 0.182. The van der Waals surface area contributed by atoms with Crippen LogP contribution in [0.5, 0.6) is 5.75 Å². The first-order chi connectivity index (χ1) is 11.8. The van der Waals surface area contributed by atoms with Crippen LogP contribution in [0.1, 0.15) is 18.5 Å². The summed E-state index contributed by atoms with van der Waals surface area (Å²) < 4.78 is 5.82. The highest BCUT2D eigenvalue weighted by Crippen LogP contribution is 2.22. The molecule has 0 heterocycles. The summed E-state index contributed by atoms with van der Waals surface area (Å²) >= 11 is 0. The molecule has 0 fully saturated rings. The van der Waals surface area contributed by atoms with Gasteiger partial charge in [0.1, 0.15) is 12.4 Å². The summed E-state index contributed by atoms with van der Waals surface area (Å²) in [5.74, 6) is 0.906. The molecule has 0 spiro atoms. The zero-order valence-corrected chi connectivity index (χ0v) is 14.0. The Labute approximate surface area is 144 Å². The van der Waals surface area contributed by atoms with Crippen molar-refractivity contribution in [3.63, 3.8) is 0 Å². The molecule has 1 unspecified atom stereocenters. The Morgan fingerprint density at radius 3 is 2.00 bits per heavy atom. The molecule has 0 aliphatic heterocycles. The Morgan fingerprint density at radius 2 is 1.33 bits per heavy atom. The molecule has 0 saturated carbocycles. The topological polar surface area (TPSA) is 21.3 Å². The highest BCUT2D eigenvalue weighted by molar-refractivity contribution is 5.63. The van der Waals surface area contributed by atoms with Crippen LogP contribution in [0.4, 0.5) is 0 Å². The third kappa shape index (κ3) is 4.46. The van der Waals surface area contributed by atoms with Gasteiger partial charge in [-0.1, -0.05) is 72.8 Å². The van der Waals surface area contributed by atoms with Crippen molar-refractivity contribution in [2.45, 2.75) is 13.0 Å². The molecule has 3 rings (SSSR count). The molecule has 0 aromatic heterocycles. The van der Waals surface area contributed by atoms with Crippen molar-refractivity contribution in [1.82, 2.24) is 5.32 Å². The molecule has 0 radical (unpaired) electrons. The first kappa shape index (κ1) is 16.3. The third-order valence-electron chi connectivity index (χ3n) is 4.08. The normalized spacial score (nSPS) is 11.9. The van der Waals surface area contributed by atoms with Gasteiger partial charge in [-0.25, -0.2) is 0 Å². The molecule has 0 bridgehead atoms. The summed E-state index contributed by atoms with van der Waals surface area (Å²) in [5.41, 5.74) is 3.73. The predicted octanol–water partition coefficient (Wildman–Crippen LogP) is 5.08. The van der Waals surface area contributed by atoms with E-state index < -0.39 is 0 Å². The maximum atomic E-state index is 5.82. The molecule has 0 aliphatic rings. The minimum atomic E-state index is 0.329. The van der Waals surface area contributed by atoms with Crippen LogP contribution in [0.2, 0.25) is 0 Å². The maximum Gasteiger partial charge on any atom is 0.119 e. The van der Waals surface area contributed by atoms with E-state index in [1.165, 1.54) is 16.7 Å². The second kappa shape index (κ2) is 8.32. The highest BCUT2D eigenvalue weighted by Gasteiger charge is 2.03. The fourth-order valence-corrected chi connectivity index (χ4v) is 2.68. The lowest BCUT2D eigenvalue weighted by molar-refractivity contribution is 0.307. The minimum Gasteiger partial charge on any atom is -0.492 e. The molecule has 24 heavy (non-hydrogen) atoms. The Morgan fingerprint density at radius 1 is 0.750 bits per heavy atom. The van der Waals surface area contributed by atoms with Crippen molar-refractivity contribution >= 4 is 0 Å². The van der Waals surface area contributed by atoms with Crippen LogP contribution < -0.4 is 10.1 Å². The summed E-state index contributed by atoms with van der Waals surface area (Å²) in [5, 5.41) is 3.48. The lowest BCUT2D eigenvalue weighted by Gasteiger charge is -2.14. The van der Waals surface area contributed by atoms with Crippen molar-refractivity contribution in [3.05, 3.63) is 90.5 Å². The zero-order valence-electron chi connectivity index (χ0n) is 14.0. The van der Waals surface area contributed by atoms with E-state index >= 15 is 0 Å². The molecule has 2 heteroatoms. The second-order valence-corrected chi connectivity index (χ2v) is 5.83. The maximum absolute atomic E-state index is 5.82. The largest absolute Gasteiger partial charge is 0.492 e. The second-order valence-electron chi connectivity index (χ2n) is 5.83. The van der Waals surface area contributed by atoms with Gasteiger partial charge in [-0.05, 0) is 35.7 Å². The SMILES string of the molecule is CC(NCCOc1ccc(-c2ccccc2)cc1)c1ccccc1. The summed E-state index contributed by atoms with van der Waals surface area (Å²) in [6.07, 6.45) is 0. The van der Waals surface area contributed by atoms with Crippen molar-refractivity contribution < 1.29 is 4.74 Å². The highest BCUT2D eigenvalue weighted by atomic mass is 16.5. The van der Waals surface area contributed by atoms with Crippen molar-refractivity contribution in [3.8, 4) is 16.9 Å². The molecular weight excluding hydrogens is 294 g/mol. The van der Waals surface area contributed by atoms with Crippen LogP contribution >= 0.6 is 0 Å². The lowest BCUT2D eigenvalue weighted by atomic mass is 10.1. The van der Waals surface area contributed by atoms with Crippen LogP contribution in [0.3, 0.4) is 0 Å². The lowest BCUT2D eigenvalue weighted by Crippen LogP contribution is -2.24. The molecule has 0 aliphatic carbocycles. The van der Waals surface area contributed by atoms with Gasteiger partial charge in [-0.15, -0.1) is 0 Å². The summed E-state index contributed by atoms with van der Waals surface area (Å²) in [4.78, 5) is 0. The van der Waals surface area contributed by atoms with Crippen LogP contribution in [-0.4, -0.2) is 13.2 Å². The van der Waals surface area contributed by atoms with Gasteiger partial charge in [0.15, 0.2) is 0 Å². The quantitative estimate of drug-likeness (QED) is 0.613. The first-order valence-electron chi connectivity index (χ1n) is 8.39. The molecular formula is C22H23NO. The third-order valence-corrected chi connectivity index (χ3v) is 4.08. The van der Waals surface area contributed by atoms with Gasteiger partial charge in [0.05, 0.1) is 0 Å². The summed E-state index contributed by atoms with van der Waals surface area (Å²) in [6.45, 7) is 3.64. The van der Waals surface area contributed by atoms with E-state index in [1.54, 1.807) is 0 Å². The molecule has 122 valence electrons. The Balaban J connectivity index is 1.45. The monoisotopic (exact) mass is 317 g/mol. The van der Waals surface area contributed by atoms with E-state index in [2.05, 4.69) is 72.9 Å². The van der Waals surface area contributed by atoms with E-state index in [-0.39, 0.29) is 0 Å². The van der Waals surface area contributed by atoms with E-state index in [1.807, 2.05) is 24.3 Å². The van der Waals surface area contributed by atoms with E-state index in [4.69, 9.17) is 4.74 Å². The Bertz CT molecular complexity index is 723. The van der Waals surface area contributed by atoms with E-state index in [0.717, 1.165) is 12.3 Å². The van der Waals surface area contributed by atoms with Crippen LogP contribution in [0.15, 0.2) is 84.9 Å². The van der Waals surface area contributed by atoms with Crippen LogP contribution in [0.25, 0.3) is 11.1 Å². The number of hydrogen-bond donors (Lipinski definition) is 1.